The first kappa shape index (κ1) is 21.5. The summed E-state index contributed by atoms with van der Waals surface area (Å²) >= 11 is 0. The number of aromatic hydroxyl groups is 1. The molecule has 1 aromatic rings. The summed E-state index contributed by atoms with van der Waals surface area (Å²) in [5.74, 6) is 1.05. The molecule has 0 fully saturated rings. The van der Waals surface area contributed by atoms with E-state index >= 15 is 0 Å². The number of carbonyl (C=O) groups excluding carboxylic acids is 1. The number of phenols is 1. The lowest BCUT2D eigenvalue weighted by Crippen LogP contribution is -2.44. The van der Waals surface area contributed by atoms with E-state index in [1.165, 1.54) is 12.1 Å². The molecule has 0 heterocycles. The van der Waals surface area contributed by atoms with Crippen LogP contribution in [0.1, 0.15) is 27.7 Å². The number of guanidine groups is 1. The summed E-state index contributed by atoms with van der Waals surface area (Å²) in [6.07, 6.45) is 0. The van der Waals surface area contributed by atoms with E-state index < -0.39 is 0 Å². The number of aliphatic imine (C=N–C) groups is 1. The monoisotopic (exact) mass is 434 g/mol. The number of hydrogen-bond donors (Lipinski definition) is 4. The molecule has 1 rings (SSSR count). The fourth-order valence-electron chi connectivity index (χ4n) is 1.60. The van der Waals surface area contributed by atoms with Gasteiger partial charge in [0, 0.05) is 18.3 Å². The van der Waals surface area contributed by atoms with Crippen LogP contribution in [0.4, 0.5) is 5.69 Å². The zero-order valence-electron chi connectivity index (χ0n) is 14.1. The quantitative estimate of drug-likeness (QED) is 0.240. The number of nitrogens with one attached hydrogen (secondary N) is 3. The third-order valence-corrected chi connectivity index (χ3v) is 3.24. The van der Waals surface area contributed by atoms with Crippen LogP contribution < -0.4 is 16.0 Å². The summed E-state index contributed by atoms with van der Waals surface area (Å²) < 4.78 is 0. The average molecular weight is 434 g/mol. The molecule has 7 heteroatoms. The largest absolute Gasteiger partial charge is 0.508 e. The highest BCUT2D eigenvalue weighted by molar-refractivity contribution is 14.0. The number of carbonyl (C=O) groups is 1. The van der Waals surface area contributed by atoms with Crippen molar-refractivity contribution in [2.75, 3.05) is 18.4 Å². The first-order valence-corrected chi connectivity index (χ1v) is 7.56. The van der Waals surface area contributed by atoms with Crippen molar-refractivity contribution < 1.29 is 9.90 Å². The SMILES string of the molecule is CCNC(=NCC(=O)Nc1ccc(O)cc1)NC(C)C(C)C.I. The fraction of sp³-hybridized carbons (Fsp3) is 0.500. The Balaban J connectivity index is 0.00000484. The van der Waals surface area contributed by atoms with Crippen LogP contribution in [0.5, 0.6) is 5.75 Å². The van der Waals surface area contributed by atoms with Crippen LogP contribution in [-0.4, -0.2) is 36.1 Å². The molecule has 1 aromatic carbocycles. The molecule has 6 nitrogen and oxygen atoms in total. The van der Waals surface area contributed by atoms with Gasteiger partial charge in [0.15, 0.2) is 5.96 Å². The van der Waals surface area contributed by atoms with Gasteiger partial charge in [-0.15, -0.1) is 24.0 Å². The van der Waals surface area contributed by atoms with E-state index in [1.807, 2.05) is 6.92 Å². The second-order valence-corrected chi connectivity index (χ2v) is 5.47. The van der Waals surface area contributed by atoms with E-state index in [9.17, 15) is 9.90 Å². The van der Waals surface area contributed by atoms with Gasteiger partial charge in [-0.25, -0.2) is 4.99 Å². The molecule has 0 saturated heterocycles. The molecular formula is C16H27IN4O2. The normalized spacial score (nSPS) is 12.3. The van der Waals surface area contributed by atoms with Gasteiger partial charge in [-0.1, -0.05) is 13.8 Å². The van der Waals surface area contributed by atoms with Crippen LogP contribution in [0, 0.1) is 5.92 Å². The van der Waals surface area contributed by atoms with Crippen molar-refractivity contribution in [3.63, 3.8) is 0 Å². The van der Waals surface area contributed by atoms with Crippen molar-refractivity contribution in [1.29, 1.82) is 0 Å². The molecule has 0 spiro atoms. The van der Waals surface area contributed by atoms with Gasteiger partial charge in [-0.2, -0.15) is 0 Å². The molecular weight excluding hydrogens is 407 g/mol. The Bertz CT molecular complexity index is 503. The standard InChI is InChI=1S/C16H26N4O2.HI/c1-5-17-16(19-12(4)11(2)3)18-10-15(22)20-13-6-8-14(21)9-7-13;/h6-9,11-12,21H,5,10H2,1-4H3,(H,20,22)(H2,17,18,19);1H. The fourth-order valence-corrected chi connectivity index (χ4v) is 1.60. The van der Waals surface area contributed by atoms with E-state index in [-0.39, 0.29) is 48.2 Å². The van der Waals surface area contributed by atoms with Gasteiger partial charge in [-0.3, -0.25) is 4.79 Å². The summed E-state index contributed by atoms with van der Waals surface area (Å²) in [7, 11) is 0. The second-order valence-electron chi connectivity index (χ2n) is 5.47. The highest BCUT2D eigenvalue weighted by atomic mass is 127. The minimum atomic E-state index is -0.208. The molecule has 0 radical (unpaired) electrons. The number of anilines is 1. The van der Waals surface area contributed by atoms with Crippen LogP contribution in [0.2, 0.25) is 0 Å². The van der Waals surface area contributed by atoms with Gasteiger partial charge >= 0.3 is 0 Å². The number of amides is 1. The molecule has 1 unspecified atom stereocenters. The summed E-state index contributed by atoms with van der Waals surface area (Å²) in [5.41, 5.74) is 0.631. The first-order valence-electron chi connectivity index (χ1n) is 7.56. The molecule has 4 N–H and O–H groups in total. The summed E-state index contributed by atoms with van der Waals surface area (Å²) in [6, 6.07) is 6.59. The lowest BCUT2D eigenvalue weighted by atomic mass is 10.1. The highest BCUT2D eigenvalue weighted by Crippen LogP contribution is 2.13. The van der Waals surface area contributed by atoms with Gasteiger partial charge in [-0.05, 0) is 44.0 Å². The van der Waals surface area contributed by atoms with Crippen molar-refractivity contribution in [2.45, 2.75) is 33.7 Å². The number of halogens is 1. The van der Waals surface area contributed by atoms with Gasteiger partial charge < -0.3 is 21.1 Å². The van der Waals surface area contributed by atoms with Crippen LogP contribution >= 0.6 is 24.0 Å². The topological polar surface area (TPSA) is 85.8 Å². The maximum Gasteiger partial charge on any atom is 0.246 e. The lowest BCUT2D eigenvalue weighted by molar-refractivity contribution is -0.114. The molecule has 0 aliphatic heterocycles. The molecule has 1 atom stereocenters. The van der Waals surface area contributed by atoms with Gasteiger partial charge in [0.05, 0.1) is 0 Å². The van der Waals surface area contributed by atoms with Crippen molar-refractivity contribution in [1.82, 2.24) is 10.6 Å². The van der Waals surface area contributed by atoms with Crippen molar-refractivity contribution in [2.24, 2.45) is 10.9 Å². The van der Waals surface area contributed by atoms with E-state index in [4.69, 9.17) is 0 Å². The summed E-state index contributed by atoms with van der Waals surface area (Å²) in [4.78, 5) is 16.2. The number of rotatable bonds is 6. The van der Waals surface area contributed by atoms with Crippen molar-refractivity contribution >= 4 is 41.5 Å². The van der Waals surface area contributed by atoms with Gasteiger partial charge in [0.2, 0.25) is 5.91 Å². The Hall–Kier alpha value is -1.51. The predicted octanol–water partition coefficient (Wildman–Crippen LogP) is 2.55. The molecule has 130 valence electrons. The van der Waals surface area contributed by atoms with E-state index in [1.54, 1.807) is 12.1 Å². The van der Waals surface area contributed by atoms with Crippen LogP contribution in [0.3, 0.4) is 0 Å². The zero-order chi connectivity index (χ0) is 16.5. The predicted molar refractivity (Wildman–Crippen MR) is 106 cm³/mol. The molecule has 0 aromatic heterocycles. The molecule has 0 saturated carbocycles. The third kappa shape index (κ3) is 8.63. The number of benzene rings is 1. The molecule has 0 aliphatic rings. The maximum atomic E-state index is 11.9. The van der Waals surface area contributed by atoms with Gasteiger partial charge in [0.1, 0.15) is 12.3 Å². The number of nitrogens with zero attached hydrogens (tertiary/aromatic N) is 1. The summed E-state index contributed by atoms with van der Waals surface area (Å²) in [5, 5.41) is 18.3. The van der Waals surface area contributed by atoms with Crippen LogP contribution in [0.25, 0.3) is 0 Å². The first-order chi connectivity index (χ1) is 10.4. The molecule has 1 amide bonds. The van der Waals surface area contributed by atoms with Crippen LogP contribution in [-0.2, 0) is 4.79 Å². The minimum absolute atomic E-state index is 0. The summed E-state index contributed by atoms with van der Waals surface area (Å²) in [6.45, 7) is 9.07. The lowest BCUT2D eigenvalue weighted by Gasteiger charge is -2.20. The molecule has 23 heavy (non-hydrogen) atoms. The Morgan fingerprint density at radius 1 is 1.22 bits per heavy atom. The third-order valence-electron chi connectivity index (χ3n) is 3.24. The average Bonchev–Trinajstić information content (AvgIpc) is 2.47. The maximum absolute atomic E-state index is 11.9. The highest BCUT2D eigenvalue weighted by Gasteiger charge is 2.09. The zero-order valence-corrected chi connectivity index (χ0v) is 16.4. The smallest absolute Gasteiger partial charge is 0.246 e. The Morgan fingerprint density at radius 2 is 1.83 bits per heavy atom. The van der Waals surface area contributed by atoms with Crippen molar-refractivity contribution in [3.8, 4) is 5.75 Å². The molecule has 0 bridgehead atoms. The van der Waals surface area contributed by atoms with Gasteiger partial charge in [0.25, 0.3) is 0 Å². The van der Waals surface area contributed by atoms with E-state index in [0.717, 1.165) is 6.54 Å². The minimum Gasteiger partial charge on any atom is -0.508 e. The second kappa shape index (κ2) is 11.1. The van der Waals surface area contributed by atoms with Crippen molar-refractivity contribution in [3.05, 3.63) is 24.3 Å². The Kier molecular flexibility index (Phi) is 10.4. The number of hydrogen-bond acceptors (Lipinski definition) is 3. The Labute approximate surface area is 155 Å². The van der Waals surface area contributed by atoms with E-state index in [2.05, 4.69) is 41.7 Å². The van der Waals surface area contributed by atoms with Crippen LogP contribution in [0.15, 0.2) is 29.3 Å². The Morgan fingerprint density at radius 3 is 2.35 bits per heavy atom. The van der Waals surface area contributed by atoms with E-state index in [0.29, 0.717) is 17.6 Å². The molecule has 0 aliphatic carbocycles. The number of phenolic OH excluding ortho intramolecular Hbond substituents is 1.